The number of hydrogen-bond donors (Lipinski definition) is 0. The maximum Gasteiger partial charge on any atom is 0.530 e. The number of rotatable bonds is 10. The smallest absolute Gasteiger partial charge is 0.463 e. The standard InChI is InChI=1S/C42H63O3P.C8H12O4/c1-37(2,3)28-19-22-34(31(25-28)40(10,11)12)43-46(44-35-23-20-29(38(4,5)6)26-32(35)41(13,14)15)45-36-24-21-30(39(7,8)9)27-33(36)42(16,17)18;1-3-11-7(9)5-6-8(10)12-4-2/h19-27H,1-18H3;5-6H,3-4H2,1-2H3/b;6-5-. The molecule has 0 aliphatic heterocycles. The summed E-state index contributed by atoms with van der Waals surface area (Å²) in [5, 5.41) is 0. The Kier molecular flexibility index (Phi) is 16.9. The maximum absolute atomic E-state index is 10.6. The van der Waals surface area contributed by atoms with E-state index in [9.17, 15) is 9.59 Å². The van der Waals surface area contributed by atoms with Crippen LogP contribution in [0.2, 0.25) is 0 Å². The molecule has 0 heterocycles. The molecule has 3 aromatic carbocycles. The molecule has 0 fully saturated rings. The number of carbonyl (C=O) groups excluding carboxylic acids is 2. The zero-order valence-electron chi connectivity index (χ0n) is 39.6. The van der Waals surface area contributed by atoms with Crippen molar-refractivity contribution in [1.82, 2.24) is 0 Å². The molecule has 0 radical (unpaired) electrons. The molecular weight excluding hydrogens is 744 g/mol. The first-order valence-electron chi connectivity index (χ1n) is 20.6. The Hall–Kier alpha value is -3.83. The van der Waals surface area contributed by atoms with Gasteiger partial charge in [-0.05, 0) is 81.2 Å². The molecule has 322 valence electrons. The Morgan fingerprint density at radius 2 is 0.672 bits per heavy atom. The van der Waals surface area contributed by atoms with Gasteiger partial charge in [-0.15, -0.1) is 0 Å². The summed E-state index contributed by atoms with van der Waals surface area (Å²) in [6.07, 6.45) is 2.09. The highest BCUT2D eigenvalue weighted by Gasteiger charge is 2.32. The Labute approximate surface area is 353 Å². The van der Waals surface area contributed by atoms with Gasteiger partial charge in [0.05, 0.1) is 13.2 Å². The van der Waals surface area contributed by atoms with E-state index in [1.54, 1.807) is 13.8 Å². The quantitative estimate of drug-likeness (QED) is 0.114. The van der Waals surface area contributed by atoms with Crippen LogP contribution in [-0.2, 0) is 51.6 Å². The van der Waals surface area contributed by atoms with Crippen molar-refractivity contribution in [1.29, 1.82) is 0 Å². The maximum atomic E-state index is 10.6. The molecule has 0 unspecified atom stereocenters. The van der Waals surface area contributed by atoms with E-state index >= 15 is 0 Å². The van der Waals surface area contributed by atoms with Crippen LogP contribution in [0.5, 0.6) is 17.2 Å². The Bertz CT molecular complexity index is 1660. The highest BCUT2D eigenvalue weighted by Crippen LogP contribution is 2.50. The van der Waals surface area contributed by atoms with E-state index < -0.39 is 20.5 Å². The zero-order chi connectivity index (χ0) is 44.7. The van der Waals surface area contributed by atoms with Crippen LogP contribution < -0.4 is 13.6 Å². The molecular formula is C50H75O7P. The number of carbonyl (C=O) groups is 2. The molecule has 0 atom stereocenters. The first-order valence-corrected chi connectivity index (χ1v) is 21.7. The fourth-order valence-electron chi connectivity index (χ4n) is 5.80. The second-order valence-corrected chi connectivity index (χ2v) is 22.0. The number of ether oxygens (including phenoxy) is 2. The average Bonchev–Trinajstić information content (AvgIpc) is 3.05. The molecule has 0 aliphatic carbocycles. The van der Waals surface area contributed by atoms with Crippen molar-refractivity contribution in [3.8, 4) is 17.2 Å². The lowest BCUT2D eigenvalue weighted by Crippen LogP contribution is -2.20. The molecule has 0 saturated heterocycles. The van der Waals surface area contributed by atoms with E-state index in [1.165, 1.54) is 16.7 Å². The van der Waals surface area contributed by atoms with Crippen LogP contribution in [0.3, 0.4) is 0 Å². The fourth-order valence-corrected chi connectivity index (χ4v) is 6.87. The van der Waals surface area contributed by atoms with Gasteiger partial charge in [0.25, 0.3) is 0 Å². The molecule has 0 bridgehead atoms. The molecule has 58 heavy (non-hydrogen) atoms. The second-order valence-electron chi connectivity index (χ2n) is 21.0. The van der Waals surface area contributed by atoms with Gasteiger partial charge in [-0.1, -0.05) is 161 Å². The molecule has 3 rings (SSSR count). The van der Waals surface area contributed by atoms with Gasteiger partial charge in [0, 0.05) is 28.8 Å². The highest BCUT2D eigenvalue weighted by molar-refractivity contribution is 7.43. The summed E-state index contributed by atoms with van der Waals surface area (Å²) in [5.41, 5.74) is 6.85. The minimum atomic E-state index is -1.89. The molecule has 3 aromatic rings. The summed E-state index contributed by atoms with van der Waals surface area (Å²) in [5.74, 6) is 1.30. The van der Waals surface area contributed by atoms with Crippen molar-refractivity contribution in [3.63, 3.8) is 0 Å². The third-order valence-corrected chi connectivity index (χ3v) is 10.4. The molecule has 0 amide bonds. The minimum absolute atomic E-state index is 0.0170. The van der Waals surface area contributed by atoms with Gasteiger partial charge in [-0.2, -0.15) is 0 Å². The zero-order valence-corrected chi connectivity index (χ0v) is 40.5. The van der Waals surface area contributed by atoms with Crippen molar-refractivity contribution in [2.75, 3.05) is 13.2 Å². The van der Waals surface area contributed by atoms with Gasteiger partial charge in [-0.3, -0.25) is 0 Å². The van der Waals surface area contributed by atoms with Gasteiger partial charge < -0.3 is 23.0 Å². The Balaban J connectivity index is 0.000000834. The Morgan fingerprint density at radius 1 is 0.431 bits per heavy atom. The van der Waals surface area contributed by atoms with Crippen LogP contribution in [0.15, 0.2) is 66.7 Å². The summed E-state index contributed by atoms with van der Waals surface area (Å²) in [7, 11) is -1.89. The van der Waals surface area contributed by atoms with Crippen LogP contribution in [0, 0.1) is 0 Å². The molecule has 0 aromatic heterocycles. The van der Waals surface area contributed by atoms with Crippen LogP contribution in [0.25, 0.3) is 0 Å². The van der Waals surface area contributed by atoms with Crippen molar-refractivity contribution >= 4 is 20.5 Å². The monoisotopic (exact) mass is 819 g/mol. The predicted octanol–water partition coefficient (Wildman–Crippen LogP) is 13.9. The largest absolute Gasteiger partial charge is 0.530 e. The van der Waals surface area contributed by atoms with Gasteiger partial charge in [0.15, 0.2) is 0 Å². The van der Waals surface area contributed by atoms with E-state index in [0.717, 1.165) is 46.1 Å². The van der Waals surface area contributed by atoms with Gasteiger partial charge >= 0.3 is 20.5 Å². The van der Waals surface area contributed by atoms with Crippen LogP contribution in [-0.4, -0.2) is 25.2 Å². The van der Waals surface area contributed by atoms with Crippen LogP contribution in [0.1, 0.15) is 172 Å². The molecule has 0 saturated carbocycles. The topological polar surface area (TPSA) is 80.3 Å². The van der Waals surface area contributed by atoms with Gasteiger partial charge in [0.1, 0.15) is 17.2 Å². The van der Waals surface area contributed by atoms with Crippen molar-refractivity contribution in [3.05, 3.63) is 100 Å². The lowest BCUT2D eigenvalue weighted by Gasteiger charge is -2.31. The highest BCUT2D eigenvalue weighted by atomic mass is 31.2. The summed E-state index contributed by atoms with van der Waals surface area (Å²) >= 11 is 0. The van der Waals surface area contributed by atoms with E-state index in [1.807, 2.05) is 0 Å². The average molecular weight is 819 g/mol. The number of hydrogen-bond acceptors (Lipinski definition) is 7. The number of esters is 2. The minimum Gasteiger partial charge on any atom is -0.463 e. The van der Waals surface area contributed by atoms with Gasteiger partial charge in [0.2, 0.25) is 0 Å². The normalized spacial score (nSPS) is 12.8. The van der Waals surface area contributed by atoms with Crippen molar-refractivity contribution in [2.24, 2.45) is 0 Å². The lowest BCUT2D eigenvalue weighted by molar-refractivity contribution is -0.140. The number of benzene rings is 3. The third-order valence-electron chi connectivity index (χ3n) is 9.41. The fraction of sp³-hybridized carbons (Fsp3) is 0.560. The van der Waals surface area contributed by atoms with E-state index in [4.69, 9.17) is 13.6 Å². The third kappa shape index (κ3) is 15.4. The lowest BCUT2D eigenvalue weighted by atomic mass is 9.80. The molecule has 0 N–H and O–H groups in total. The SMILES string of the molecule is CC(C)(C)c1ccc(OP(Oc2ccc(C(C)(C)C)cc2C(C)(C)C)Oc2ccc(C(C)(C)C)cc2C(C)(C)C)c(C(C)(C)C)c1.CCOC(=O)/C=C\C(=O)OCC. The predicted molar refractivity (Wildman–Crippen MR) is 243 cm³/mol. The molecule has 7 nitrogen and oxygen atoms in total. The van der Waals surface area contributed by atoms with E-state index in [-0.39, 0.29) is 32.5 Å². The summed E-state index contributed by atoms with van der Waals surface area (Å²) in [4.78, 5) is 21.3. The molecule has 0 aliphatic rings. The van der Waals surface area contributed by atoms with Crippen LogP contribution >= 0.6 is 8.60 Å². The van der Waals surface area contributed by atoms with E-state index in [2.05, 4.69) is 189 Å². The first-order chi connectivity index (χ1) is 26.3. The Morgan fingerprint density at radius 3 is 0.862 bits per heavy atom. The summed E-state index contributed by atoms with van der Waals surface area (Å²) in [6, 6.07) is 19.7. The first kappa shape index (κ1) is 50.3. The molecule has 8 heteroatoms. The summed E-state index contributed by atoms with van der Waals surface area (Å²) in [6.45, 7) is 44.3. The second kappa shape index (κ2) is 19.5. The summed E-state index contributed by atoms with van der Waals surface area (Å²) < 4.78 is 29.8. The van der Waals surface area contributed by atoms with E-state index in [0.29, 0.717) is 13.2 Å². The van der Waals surface area contributed by atoms with Crippen LogP contribution in [0.4, 0.5) is 0 Å². The molecule has 0 spiro atoms. The van der Waals surface area contributed by atoms with Gasteiger partial charge in [-0.25, -0.2) is 9.59 Å². The van der Waals surface area contributed by atoms with Crippen molar-refractivity contribution < 1.29 is 32.6 Å². The van der Waals surface area contributed by atoms with Crippen molar-refractivity contribution in [2.45, 2.75) is 171 Å².